The van der Waals surface area contributed by atoms with Crippen LogP contribution >= 0.6 is 11.6 Å². The lowest BCUT2D eigenvalue weighted by atomic mass is 10.2. The average molecular weight is 442 g/mol. The van der Waals surface area contributed by atoms with Crippen molar-refractivity contribution in [2.75, 3.05) is 13.2 Å². The van der Waals surface area contributed by atoms with Crippen molar-refractivity contribution in [1.29, 1.82) is 0 Å². The van der Waals surface area contributed by atoms with Gasteiger partial charge in [-0.3, -0.25) is 14.6 Å². The number of nitrogens with zero attached hydrogens (tertiary/aromatic N) is 1. The number of benzene rings is 1. The molecule has 0 aliphatic heterocycles. The summed E-state index contributed by atoms with van der Waals surface area (Å²) in [6, 6.07) is 6.45. The summed E-state index contributed by atoms with van der Waals surface area (Å²) < 4.78 is 43.4. The summed E-state index contributed by atoms with van der Waals surface area (Å²) in [4.78, 5) is 27.6. The highest BCUT2D eigenvalue weighted by molar-refractivity contribution is 6.30. The van der Waals surface area contributed by atoms with Crippen LogP contribution in [0.1, 0.15) is 24.1 Å². The minimum absolute atomic E-state index is 0.0513. The Bertz CT molecular complexity index is 908. The molecule has 0 fully saturated rings. The standard InChI is InChI=1S/C20H19ClF3N3O3/c1-12(20(29)27-10-14-3-2-13(9-26-14)19(23)24)6-7-25-18(28)11-30-15-4-5-16(21)17(22)8-15/h2-5,8-9,19H,1,6-7,10-11H2,(H,25,28)(H,27,29). The zero-order valence-corrected chi connectivity index (χ0v) is 16.5. The molecular weight excluding hydrogens is 423 g/mol. The monoisotopic (exact) mass is 441 g/mol. The van der Waals surface area contributed by atoms with Gasteiger partial charge in [0.25, 0.3) is 12.3 Å². The van der Waals surface area contributed by atoms with Gasteiger partial charge in [0.05, 0.1) is 17.3 Å². The van der Waals surface area contributed by atoms with Gasteiger partial charge in [0.2, 0.25) is 5.91 Å². The van der Waals surface area contributed by atoms with Crippen molar-refractivity contribution < 1.29 is 27.5 Å². The number of carbonyl (C=O) groups is 2. The van der Waals surface area contributed by atoms with Crippen LogP contribution in [0.5, 0.6) is 5.75 Å². The molecule has 30 heavy (non-hydrogen) atoms. The summed E-state index contributed by atoms with van der Waals surface area (Å²) in [6.07, 6.45) is -1.36. The zero-order chi connectivity index (χ0) is 22.1. The van der Waals surface area contributed by atoms with Gasteiger partial charge in [-0.25, -0.2) is 13.2 Å². The Morgan fingerprint density at radius 3 is 2.60 bits per heavy atom. The maximum absolute atomic E-state index is 13.3. The second-order valence-corrected chi connectivity index (χ2v) is 6.54. The quantitative estimate of drug-likeness (QED) is 0.552. The maximum Gasteiger partial charge on any atom is 0.265 e. The topological polar surface area (TPSA) is 80.3 Å². The molecule has 10 heteroatoms. The van der Waals surface area contributed by atoms with Gasteiger partial charge in [-0.2, -0.15) is 0 Å². The fraction of sp³-hybridized carbons (Fsp3) is 0.250. The first-order valence-electron chi connectivity index (χ1n) is 8.79. The summed E-state index contributed by atoms with van der Waals surface area (Å²) in [5, 5.41) is 5.07. The van der Waals surface area contributed by atoms with Crippen LogP contribution < -0.4 is 15.4 Å². The number of hydrogen-bond donors (Lipinski definition) is 2. The molecule has 2 rings (SSSR count). The van der Waals surface area contributed by atoms with Crippen molar-refractivity contribution in [2.45, 2.75) is 19.4 Å². The SMILES string of the molecule is C=C(CCNC(=O)COc1ccc(Cl)c(F)c1)C(=O)NCc1ccc(C(F)F)cn1. The van der Waals surface area contributed by atoms with Crippen molar-refractivity contribution in [2.24, 2.45) is 0 Å². The molecule has 0 saturated carbocycles. The first kappa shape index (κ1) is 23.2. The molecule has 1 aromatic heterocycles. The molecule has 2 N–H and O–H groups in total. The van der Waals surface area contributed by atoms with E-state index in [1.165, 1.54) is 24.3 Å². The number of aromatic nitrogens is 1. The van der Waals surface area contributed by atoms with Crippen LogP contribution in [0.25, 0.3) is 0 Å². The molecule has 6 nitrogen and oxygen atoms in total. The Morgan fingerprint density at radius 1 is 1.20 bits per heavy atom. The Morgan fingerprint density at radius 2 is 1.97 bits per heavy atom. The fourth-order valence-corrected chi connectivity index (χ4v) is 2.32. The van der Waals surface area contributed by atoms with Crippen LogP contribution in [0.3, 0.4) is 0 Å². The zero-order valence-electron chi connectivity index (χ0n) is 15.8. The number of amides is 2. The van der Waals surface area contributed by atoms with E-state index in [0.717, 1.165) is 12.3 Å². The number of carbonyl (C=O) groups excluding carboxylic acids is 2. The molecule has 0 unspecified atom stereocenters. The second kappa shape index (κ2) is 11.2. The highest BCUT2D eigenvalue weighted by Gasteiger charge is 2.10. The largest absolute Gasteiger partial charge is 0.484 e. The van der Waals surface area contributed by atoms with Gasteiger partial charge in [0, 0.05) is 29.9 Å². The molecule has 1 aromatic carbocycles. The number of nitrogens with one attached hydrogen (secondary N) is 2. The van der Waals surface area contributed by atoms with Crippen molar-refractivity contribution in [1.82, 2.24) is 15.6 Å². The predicted octanol–water partition coefficient (Wildman–Crippen LogP) is 3.57. The number of rotatable bonds is 10. The van der Waals surface area contributed by atoms with Crippen LogP contribution in [0, 0.1) is 5.82 Å². The van der Waals surface area contributed by atoms with E-state index in [-0.39, 0.29) is 48.0 Å². The van der Waals surface area contributed by atoms with E-state index in [1.807, 2.05) is 0 Å². The van der Waals surface area contributed by atoms with E-state index in [1.54, 1.807) is 0 Å². The molecule has 1 heterocycles. The molecule has 2 amide bonds. The van der Waals surface area contributed by atoms with Crippen molar-refractivity contribution in [3.8, 4) is 5.75 Å². The molecule has 0 atom stereocenters. The third-order valence-corrected chi connectivity index (χ3v) is 4.17. The van der Waals surface area contributed by atoms with Gasteiger partial charge < -0.3 is 15.4 Å². The highest BCUT2D eigenvalue weighted by atomic mass is 35.5. The minimum atomic E-state index is -2.60. The third kappa shape index (κ3) is 7.40. The Kier molecular flexibility index (Phi) is 8.67. The Hall–Kier alpha value is -3.07. The van der Waals surface area contributed by atoms with Crippen molar-refractivity contribution in [3.05, 3.63) is 70.8 Å². The van der Waals surface area contributed by atoms with Crippen LogP contribution in [0.2, 0.25) is 5.02 Å². The summed E-state index contributed by atoms with van der Waals surface area (Å²) in [5.74, 6) is -1.40. The fourth-order valence-electron chi connectivity index (χ4n) is 2.20. The molecule has 160 valence electrons. The maximum atomic E-state index is 13.3. The summed E-state index contributed by atoms with van der Waals surface area (Å²) in [7, 11) is 0. The summed E-state index contributed by atoms with van der Waals surface area (Å²) in [6.45, 7) is 3.51. The van der Waals surface area contributed by atoms with Gasteiger partial charge in [-0.05, 0) is 30.7 Å². The Labute approximate surface area is 176 Å². The number of alkyl halides is 2. The van der Waals surface area contributed by atoms with Crippen LogP contribution in [-0.2, 0) is 16.1 Å². The summed E-state index contributed by atoms with van der Waals surface area (Å²) in [5.41, 5.74) is 0.445. The van der Waals surface area contributed by atoms with Crippen LogP contribution in [0.15, 0.2) is 48.7 Å². The lowest BCUT2D eigenvalue weighted by molar-refractivity contribution is -0.123. The summed E-state index contributed by atoms with van der Waals surface area (Å²) >= 11 is 5.56. The molecule has 0 saturated heterocycles. The number of pyridine rings is 1. The first-order chi connectivity index (χ1) is 14.3. The molecular formula is C20H19ClF3N3O3. The average Bonchev–Trinajstić information content (AvgIpc) is 2.73. The first-order valence-corrected chi connectivity index (χ1v) is 9.17. The van der Waals surface area contributed by atoms with E-state index >= 15 is 0 Å². The minimum Gasteiger partial charge on any atom is -0.484 e. The molecule has 0 spiro atoms. The van der Waals surface area contributed by atoms with Gasteiger partial charge in [-0.15, -0.1) is 0 Å². The van der Waals surface area contributed by atoms with Crippen LogP contribution in [-0.4, -0.2) is 29.9 Å². The second-order valence-electron chi connectivity index (χ2n) is 6.13. The molecule has 0 bridgehead atoms. The highest BCUT2D eigenvalue weighted by Crippen LogP contribution is 2.20. The predicted molar refractivity (Wildman–Crippen MR) is 105 cm³/mol. The lowest BCUT2D eigenvalue weighted by Gasteiger charge is -2.10. The lowest BCUT2D eigenvalue weighted by Crippen LogP contribution is -2.31. The van der Waals surface area contributed by atoms with Crippen molar-refractivity contribution in [3.63, 3.8) is 0 Å². The van der Waals surface area contributed by atoms with Gasteiger partial charge in [0.15, 0.2) is 6.61 Å². The van der Waals surface area contributed by atoms with Gasteiger partial charge >= 0.3 is 0 Å². The number of hydrogen-bond acceptors (Lipinski definition) is 4. The van der Waals surface area contributed by atoms with Crippen molar-refractivity contribution >= 4 is 23.4 Å². The van der Waals surface area contributed by atoms with Gasteiger partial charge in [0.1, 0.15) is 11.6 Å². The van der Waals surface area contributed by atoms with E-state index in [0.29, 0.717) is 5.69 Å². The van der Waals surface area contributed by atoms with Gasteiger partial charge in [-0.1, -0.05) is 18.2 Å². The molecule has 0 aliphatic rings. The number of ether oxygens (including phenoxy) is 1. The molecule has 0 aliphatic carbocycles. The van der Waals surface area contributed by atoms with E-state index < -0.39 is 24.1 Å². The third-order valence-electron chi connectivity index (χ3n) is 3.86. The molecule has 2 aromatic rings. The normalized spacial score (nSPS) is 10.6. The van der Waals surface area contributed by atoms with E-state index in [2.05, 4.69) is 22.2 Å². The van der Waals surface area contributed by atoms with E-state index in [9.17, 15) is 22.8 Å². The molecule has 0 radical (unpaired) electrons. The smallest absolute Gasteiger partial charge is 0.265 e. The number of halogens is 4. The van der Waals surface area contributed by atoms with Crippen LogP contribution in [0.4, 0.5) is 13.2 Å². The Balaban J connectivity index is 1.66. The van der Waals surface area contributed by atoms with E-state index in [4.69, 9.17) is 16.3 Å².